The van der Waals surface area contributed by atoms with Gasteiger partial charge in [0.05, 0.1) is 0 Å². The van der Waals surface area contributed by atoms with Crippen molar-refractivity contribution in [3.63, 3.8) is 0 Å². The van der Waals surface area contributed by atoms with Crippen molar-refractivity contribution in [3.8, 4) is 0 Å². The molecule has 0 heterocycles. The number of oxime groups is 1. The Balaban J connectivity index is 2.26. The van der Waals surface area contributed by atoms with Gasteiger partial charge in [-0.25, -0.2) is 0 Å². The Kier molecular flexibility index (Phi) is 4.85. The van der Waals surface area contributed by atoms with Gasteiger partial charge in [-0.15, -0.1) is 0 Å². The van der Waals surface area contributed by atoms with E-state index in [0.717, 1.165) is 0 Å². The van der Waals surface area contributed by atoms with Crippen molar-refractivity contribution in [2.45, 2.75) is 12.8 Å². The van der Waals surface area contributed by atoms with Gasteiger partial charge in [-0.05, 0) is 18.6 Å². The van der Waals surface area contributed by atoms with Gasteiger partial charge in [-0.1, -0.05) is 23.4 Å². The molecule has 0 unspecified atom stereocenters. The number of amidine groups is 1. The highest BCUT2D eigenvalue weighted by atomic mass is 16.4. The summed E-state index contributed by atoms with van der Waals surface area (Å²) in [4.78, 5) is 11.5. The summed E-state index contributed by atoms with van der Waals surface area (Å²) in [6.45, 7) is 0.504. The first-order valence-corrected chi connectivity index (χ1v) is 5.03. The average Bonchev–Trinajstić information content (AvgIpc) is 2.35. The van der Waals surface area contributed by atoms with Gasteiger partial charge < -0.3 is 16.3 Å². The van der Waals surface area contributed by atoms with Crippen molar-refractivity contribution >= 4 is 11.7 Å². The number of nitrogens with one attached hydrogen (secondary N) is 1. The number of rotatable bonds is 5. The lowest BCUT2D eigenvalue weighted by Crippen LogP contribution is -2.25. The summed E-state index contributed by atoms with van der Waals surface area (Å²) in [6.07, 6.45) is 1.11. The van der Waals surface area contributed by atoms with Gasteiger partial charge in [0.15, 0.2) is 0 Å². The predicted molar refractivity (Wildman–Crippen MR) is 61.4 cm³/mol. The molecule has 0 fully saturated rings. The fourth-order valence-electron chi connectivity index (χ4n) is 1.21. The second-order valence-electron chi connectivity index (χ2n) is 3.32. The zero-order valence-electron chi connectivity index (χ0n) is 8.89. The molecule has 0 bridgehead atoms. The number of carbonyl (C=O) groups is 1. The van der Waals surface area contributed by atoms with Crippen LogP contribution in [0.1, 0.15) is 23.2 Å². The molecule has 0 aliphatic rings. The first-order chi connectivity index (χ1) is 7.74. The van der Waals surface area contributed by atoms with Crippen molar-refractivity contribution in [2.75, 3.05) is 6.54 Å². The summed E-state index contributed by atoms with van der Waals surface area (Å²) in [5, 5.41) is 13.9. The van der Waals surface area contributed by atoms with Crippen molar-refractivity contribution in [2.24, 2.45) is 10.9 Å². The van der Waals surface area contributed by atoms with E-state index in [1.807, 2.05) is 18.2 Å². The molecule has 4 N–H and O–H groups in total. The molecule has 1 amide bonds. The van der Waals surface area contributed by atoms with E-state index >= 15 is 0 Å². The highest BCUT2D eigenvalue weighted by Crippen LogP contribution is 1.97. The van der Waals surface area contributed by atoms with Crippen LogP contribution in [0.25, 0.3) is 0 Å². The van der Waals surface area contributed by atoms with Crippen LogP contribution in [0.3, 0.4) is 0 Å². The second kappa shape index (κ2) is 6.44. The summed E-state index contributed by atoms with van der Waals surface area (Å²) < 4.78 is 0. The van der Waals surface area contributed by atoms with Gasteiger partial charge in [0.2, 0.25) is 0 Å². The molecular weight excluding hydrogens is 206 g/mol. The van der Waals surface area contributed by atoms with E-state index in [1.165, 1.54) is 0 Å². The van der Waals surface area contributed by atoms with Gasteiger partial charge in [-0.2, -0.15) is 0 Å². The molecular formula is C11H15N3O2. The fourth-order valence-corrected chi connectivity index (χ4v) is 1.21. The number of hydrogen-bond donors (Lipinski definition) is 3. The molecule has 1 rings (SSSR count). The van der Waals surface area contributed by atoms with Gasteiger partial charge in [0.25, 0.3) is 5.91 Å². The quantitative estimate of drug-likeness (QED) is 0.227. The Labute approximate surface area is 94.0 Å². The summed E-state index contributed by atoms with van der Waals surface area (Å²) in [6, 6.07) is 8.98. The number of hydrogen-bond acceptors (Lipinski definition) is 3. The van der Waals surface area contributed by atoms with Crippen molar-refractivity contribution in [3.05, 3.63) is 35.9 Å². The van der Waals surface area contributed by atoms with E-state index in [4.69, 9.17) is 10.9 Å². The Morgan fingerprint density at radius 1 is 1.38 bits per heavy atom. The summed E-state index contributed by atoms with van der Waals surface area (Å²) in [5.74, 6) is 0.0640. The van der Waals surface area contributed by atoms with Crippen LogP contribution >= 0.6 is 0 Å². The Morgan fingerprint density at radius 3 is 2.69 bits per heavy atom. The average molecular weight is 221 g/mol. The third kappa shape index (κ3) is 4.00. The Bertz CT molecular complexity index is 363. The maximum atomic E-state index is 11.5. The Hall–Kier alpha value is -2.04. The molecule has 16 heavy (non-hydrogen) atoms. The number of carbonyl (C=O) groups excluding carboxylic acids is 1. The SMILES string of the molecule is NC(CCCNC(=O)c1ccccc1)=NO. The third-order valence-corrected chi connectivity index (χ3v) is 2.06. The van der Waals surface area contributed by atoms with E-state index in [2.05, 4.69) is 10.5 Å². The number of nitrogens with zero attached hydrogens (tertiary/aromatic N) is 1. The third-order valence-electron chi connectivity index (χ3n) is 2.06. The molecule has 0 aromatic heterocycles. The normalized spacial score (nSPS) is 11.1. The first kappa shape index (κ1) is 12.0. The smallest absolute Gasteiger partial charge is 0.251 e. The molecule has 0 radical (unpaired) electrons. The predicted octanol–water partition coefficient (Wildman–Crippen LogP) is 0.943. The van der Waals surface area contributed by atoms with Crippen molar-refractivity contribution < 1.29 is 10.0 Å². The summed E-state index contributed by atoms with van der Waals surface area (Å²) >= 11 is 0. The van der Waals surface area contributed by atoms with Crippen LogP contribution in [0.5, 0.6) is 0 Å². The van der Waals surface area contributed by atoms with E-state index in [9.17, 15) is 4.79 Å². The minimum Gasteiger partial charge on any atom is -0.409 e. The van der Waals surface area contributed by atoms with Crippen LogP contribution in [0.2, 0.25) is 0 Å². The summed E-state index contributed by atoms with van der Waals surface area (Å²) in [5.41, 5.74) is 5.92. The van der Waals surface area contributed by atoms with Crippen LogP contribution in [0.15, 0.2) is 35.5 Å². The lowest BCUT2D eigenvalue weighted by atomic mass is 10.2. The molecule has 0 aliphatic carbocycles. The van der Waals surface area contributed by atoms with Crippen molar-refractivity contribution in [1.29, 1.82) is 0 Å². The van der Waals surface area contributed by atoms with E-state index in [-0.39, 0.29) is 11.7 Å². The van der Waals surface area contributed by atoms with E-state index in [1.54, 1.807) is 12.1 Å². The largest absolute Gasteiger partial charge is 0.409 e. The van der Waals surface area contributed by atoms with Crippen LogP contribution in [0, 0.1) is 0 Å². The molecule has 0 saturated heterocycles. The van der Waals surface area contributed by atoms with Crippen LogP contribution in [-0.2, 0) is 0 Å². The van der Waals surface area contributed by atoms with Gasteiger partial charge >= 0.3 is 0 Å². The van der Waals surface area contributed by atoms with Crippen LogP contribution in [0.4, 0.5) is 0 Å². The van der Waals surface area contributed by atoms with Crippen LogP contribution in [-0.4, -0.2) is 23.5 Å². The minimum absolute atomic E-state index is 0.111. The highest BCUT2D eigenvalue weighted by Gasteiger charge is 2.02. The minimum atomic E-state index is -0.111. The van der Waals surface area contributed by atoms with Crippen molar-refractivity contribution in [1.82, 2.24) is 5.32 Å². The second-order valence-corrected chi connectivity index (χ2v) is 3.32. The lowest BCUT2D eigenvalue weighted by molar-refractivity contribution is 0.0953. The molecule has 5 heteroatoms. The lowest BCUT2D eigenvalue weighted by Gasteiger charge is -2.04. The molecule has 1 aromatic rings. The molecule has 86 valence electrons. The van der Waals surface area contributed by atoms with Gasteiger partial charge in [0.1, 0.15) is 5.84 Å². The van der Waals surface area contributed by atoms with E-state index < -0.39 is 0 Å². The van der Waals surface area contributed by atoms with Crippen LogP contribution < -0.4 is 11.1 Å². The Morgan fingerprint density at radius 2 is 2.06 bits per heavy atom. The van der Waals surface area contributed by atoms with Gasteiger partial charge in [-0.3, -0.25) is 4.79 Å². The number of nitrogens with two attached hydrogens (primary N) is 1. The summed E-state index contributed by atoms with van der Waals surface area (Å²) in [7, 11) is 0. The number of benzene rings is 1. The zero-order valence-corrected chi connectivity index (χ0v) is 8.89. The monoisotopic (exact) mass is 221 g/mol. The first-order valence-electron chi connectivity index (χ1n) is 5.03. The molecule has 0 aliphatic heterocycles. The molecule has 1 aromatic carbocycles. The maximum Gasteiger partial charge on any atom is 0.251 e. The topological polar surface area (TPSA) is 87.7 Å². The molecule has 0 spiro atoms. The standard InChI is InChI=1S/C11H15N3O2/c12-10(14-16)7-4-8-13-11(15)9-5-2-1-3-6-9/h1-3,5-6,16H,4,7-8H2,(H2,12,14)(H,13,15). The maximum absolute atomic E-state index is 11.5. The molecule has 5 nitrogen and oxygen atoms in total. The van der Waals surface area contributed by atoms with Gasteiger partial charge in [0, 0.05) is 18.5 Å². The molecule has 0 saturated carbocycles. The number of amides is 1. The fraction of sp³-hybridized carbons (Fsp3) is 0.273. The zero-order chi connectivity index (χ0) is 11.8. The molecule has 0 atom stereocenters. The van der Waals surface area contributed by atoms with E-state index in [0.29, 0.717) is 24.9 Å². The highest BCUT2D eigenvalue weighted by molar-refractivity contribution is 5.94.